The van der Waals surface area contributed by atoms with E-state index in [2.05, 4.69) is 55.4 Å². The van der Waals surface area contributed by atoms with Crippen molar-refractivity contribution in [1.29, 1.82) is 0 Å². The lowest BCUT2D eigenvalue weighted by Crippen LogP contribution is -2.36. The van der Waals surface area contributed by atoms with Crippen molar-refractivity contribution in [3.8, 4) is 0 Å². The summed E-state index contributed by atoms with van der Waals surface area (Å²) in [7, 11) is 2.06. The summed E-state index contributed by atoms with van der Waals surface area (Å²) in [4.78, 5) is 2.60. The van der Waals surface area contributed by atoms with Crippen molar-refractivity contribution < 1.29 is 0 Å². The topological polar surface area (TPSA) is 15.3 Å². The molecule has 1 heterocycles. The van der Waals surface area contributed by atoms with E-state index in [1.165, 1.54) is 50.0 Å². The van der Waals surface area contributed by atoms with Crippen LogP contribution in [0.2, 0.25) is 0 Å². The van der Waals surface area contributed by atoms with Crippen LogP contribution in [-0.4, -0.2) is 31.6 Å². The van der Waals surface area contributed by atoms with Crippen molar-refractivity contribution in [2.75, 3.05) is 26.7 Å². The average Bonchev–Trinajstić information content (AvgIpc) is 2.49. The lowest BCUT2D eigenvalue weighted by Gasteiger charge is -2.31. The van der Waals surface area contributed by atoms with Crippen molar-refractivity contribution in [3.63, 3.8) is 0 Å². The molecule has 0 aromatic heterocycles. The zero-order valence-corrected chi connectivity index (χ0v) is 13.4. The first kappa shape index (κ1) is 15.5. The summed E-state index contributed by atoms with van der Waals surface area (Å²) in [6.07, 6.45) is 3.90. The summed E-state index contributed by atoms with van der Waals surface area (Å²) in [5, 5.41) is 3.31. The molecule has 1 aromatic rings. The Morgan fingerprint density at radius 3 is 2.40 bits per heavy atom. The zero-order valence-electron chi connectivity index (χ0n) is 13.4. The van der Waals surface area contributed by atoms with Crippen molar-refractivity contribution in [1.82, 2.24) is 10.2 Å². The van der Waals surface area contributed by atoms with Crippen molar-refractivity contribution in [2.24, 2.45) is 5.92 Å². The van der Waals surface area contributed by atoms with Crippen LogP contribution in [0.15, 0.2) is 24.3 Å². The first-order valence-electron chi connectivity index (χ1n) is 8.18. The van der Waals surface area contributed by atoms with Crippen LogP contribution in [0.5, 0.6) is 0 Å². The number of hydrogen-bond acceptors (Lipinski definition) is 2. The van der Waals surface area contributed by atoms with Gasteiger partial charge in [0.2, 0.25) is 0 Å². The van der Waals surface area contributed by atoms with Crippen LogP contribution in [0, 0.1) is 5.92 Å². The van der Waals surface area contributed by atoms with E-state index >= 15 is 0 Å². The van der Waals surface area contributed by atoms with E-state index < -0.39 is 0 Å². The van der Waals surface area contributed by atoms with Gasteiger partial charge in [0.15, 0.2) is 0 Å². The molecule has 1 aliphatic rings. The molecule has 2 rings (SSSR count). The Bertz CT molecular complexity index is 377. The minimum atomic E-state index is 0.682. The van der Waals surface area contributed by atoms with Gasteiger partial charge in [0.1, 0.15) is 0 Å². The number of rotatable bonds is 6. The smallest absolute Gasteiger partial charge is 0.0233 e. The van der Waals surface area contributed by atoms with Gasteiger partial charge in [-0.15, -0.1) is 0 Å². The average molecular weight is 274 g/mol. The van der Waals surface area contributed by atoms with E-state index in [0.29, 0.717) is 5.92 Å². The normalized spacial score (nSPS) is 19.1. The molecule has 0 aliphatic carbocycles. The first-order chi connectivity index (χ1) is 9.72. The van der Waals surface area contributed by atoms with Crippen LogP contribution in [0.3, 0.4) is 0 Å². The largest absolute Gasteiger partial charge is 0.319 e. The molecule has 1 fully saturated rings. The van der Waals surface area contributed by atoms with E-state index in [1.807, 2.05) is 0 Å². The third kappa shape index (κ3) is 4.32. The number of benzene rings is 1. The third-order valence-corrected chi connectivity index (χ3v) is 4.77. The fourth-order valence-corrected chi connectivity index (χ4v) is 3.08. The zero-order chi connectivity index (χ0) is 14.4. The van der Waals surface area contributed by atoms with E-state index in [0.717, 1.165) is 12.5 Å². The highest BCUT2D eigenvalue weighted by Crippen LogP contribution is 2.21. The second-order valence-electron chi connectivity index (χ2n) is 6.33. The van der Waals surface area contributed by atoms with Crippen molar-refractivity contribution in [2.45, 2.75) is 45.6 Å². The molecule has 0 bridgehead atoms. The van der Waals surface area contributed by atoms with Crippen LogP contribution >= 0.6 is 0 Å². The number of nitrogens with one attached hydrogen (secondary N) is 1. The van der Waals surface area contributed by atoms with Crippen LogP contribution in [0.4, 0.5) is 0 Å². The van der Waals surface area contributed by atoms with Crippen molar-refractivity contribution >= 4 is 0 Å². The summed E-state index contributed by atoms with van der Waals surface area (Å²) >= 11 is 0. The summed E-state index contributed by atoms with van der Waals surface area (Å²) in [5.41, 5.74) is 2.94. The van der Waals surface area contributed by atoms with Gasteiger partial charge >= 0.3 is 0 Å². The molecule has 0 spiro atoms. The minimum Gasteiger partial charge on any atom is -0.319 e. The van der Waals surface area contributed by atoms with Gasteiger partial charge in [0.25, 0.3) is 0 Å². The monoisotopic (exact) mass is 274 g/mol. The Kier molecular flexibility index (Phi) is 6.06. The molecule has 1 aromatic carbocycles. The first-order valence-corrected chi connectivity index (χ1v) is 8.18. The maximum atomic E-state index is 3.31. The highest BCUT2D eigenvalue weighted by atomic mass is 15.1. The number of piperidine rings is 1. The Hall–Kier alpha value is -0.860. The fourth-order valence-electron chi connectivity index (χ4n) is 3.08. The maximum absolute atomic E-state index is 3.31. The van der Waals surface area contributed by atoms with E-state index in [9.17, 15) is 0 Å². The van der Waals surface area contributed by atoms with Crippen LogP contribution < -0.4 is 5.32 Å². The molecule has 112 valence electrons. The molecule has 1 atom stereocenters. The van der Waals surface area contributed by atoms with Crippen LogP contribution in [-0.2, 0) is 6.54 Å². The molecule has 2 heteroatoms. The molecular weight excluding hydrogens is 244 g/mol. The second-order valence-corrected chi connectivity index (χ2v) is 6.33. The van der Waals surface area contributed by atoms with E-state index in [-0.39, 0.29) is 0 Å². The van der Waals surface area contributed by atoms with Gasteiger partial charge in [-0.3, -0.25) is 4.90 Å². The summed E-state index contributed by atoms with van der Waals surface area (Å²) in [6.45, 7) is 9.36. The van der Waals surface area contributed by atoms with Crippen LogP contribution in [0.1, 0.15) is 50.2 Å². The third-order valence-electron chi connectivity index (χ3n) is 4.77. The minimum absolute atomic E-state index is 0.682. The van der Waals surface area contributed by atoms with Crippen LogP contribution in [0.25, 0.3) is 0 Å². The molecule has 20 heavy (non-hydrogen) atoms. The summed E-state index contributed by atoms with van der Waals surface area (Å²) in [5.74, 6) is 1.56. The Morgan fingerprint density at radius 2 is 1.85 bits per heavy atom. The fraction of sp³-hybridized carbons (Fsp3) is 0.667. The second kappa shape index (κ2) is 7.80. The quantitative estimate of drug-likeness (QED) is 0.852. The molecule has 2 nitrogen and oxygen atoms in total. The highest BCUT2D eigenvalue weighted by Gasteiger charge is 2.18. The SMILES string of the molecule is CCC(C)c1ccc(CN2CCC(CNC)CC2)cc1. The summed E-state index contributed by atoms with van der Waals surface area (Å²) in [6, 6.07) is 9.27. The number of hydrogen-bond donors (Lipinski definition) is 1. The Labute approximate surface area is 124 Å². The molecule has 0 saturated carbocycles. The molecular formula is C18H30N2. The Balaban J connectivity index is 1.82. The highest BCUT2D eigenvalue weighted by molar-refractivity contribution is 5.25. The van der Waals surface area contributed by atoms with Gasteiger partial charge in [-0.25, -0.2) is 0 Å². The number of nitrogens with zero attached hydrogens (tertiary/aromatic N) is 1. The van der Waals surface area contributed by atoms with Gasteiger partial charge in [-0.2, -0.15) is 0 Å². The van der Waals surface area contributed by atoms with Gasteiger partial charge in [0.05, 0.1) is 0 Å². The predicted octanol–water partition coefficient (Wildman–Crippen LogP) is 3.63. The van der Waals surface area contributed by atoms with Crippen molar-refractivity contribution in [3.05, 3.63) is 35.4 Å². The predicted molar refractivity (Wildman–Crippen MR) is 87.1 cm³/mol. The molecule has 0 amide bonds. The lowest BCUT2D eigenvalue weighted by atomic mass is 9.95. The molecule has 1 saturated heterocycles. The van der Waals surface area contributed by atoms with E-state index in [1.54, 1.807) is 0 Å². The van der Waals surface area contributed by atoms with E-state index in [4.69, 9.17) is 0 Å². The molecule has 0 radical (unpaired) electrons. The standard InChI is InChI=1S/C18H30N2/c1-4-15(2)18-7-5-17(6-8-18)14-20-11-9-16(10-12-20)13-19-3/h5-8,15-16,19H,4,9-14H2,1-3H3. The Morgan fingerprint density at radius 1 is 1.20 bits per heavy atom. The van der Waals surface area contributed by atoms with Gasteiger partial charge < -0.3 is 5.32 Å². The van der Waals surface area contributed by atoms with Gasteiger partial charge in [0, 0.05) is 6.54 Å². The van der Waals surface area contributed by atoms with Gasteiger partial charge in [-0.05, 0) is 68.9 Å². The molecule has 1 unspecified atom stereocenters. The molecule has 1 N–H and O–H groups in total. The summed E-state index contributed by atoms with van der Waals surface area (Å²) < 4.78 is 0. The lowest BCUT2D eigenvalue weighted by molar-refractivity contribution is 0.177. The van der Waals surface area contributed by atoms with Gasteiger partial charge in [-0.1, -0.05) is 38.1 Å². The maximum Gasteiger partial charge on any atom is 0.0233 e. The number of likely N-dealkylation sites (tertiary alicyclic amines) is 1. The molecule has 1 aliphatic heterocycles.